The number of nitrogen functional groups attached to an aromatic ring is 1. The highest BCUT2D eigenvalue weighted by molar-refractivity contribution is 5.87. The number of halogens is 1. The van der Waals surface area contributed by atoms with E-state index in [1.807, 2.05) is 0 Å². The minimum absolute atomic E-state index is 0.0730. The molecule has 0 amide bonds. The van der Waals surface area contributed by atoms with Crippen LogP contribution in [0.1, 0.15) is 18.0 Å². The summed E-state index contributed by atoms with van der Waals surface area (Å²) in [5, 5.41) is 12.1. The zero-order chi connectivity index (χ0) is 12.7. The van der Waals surface area contributed by atoms with Crippen LogP contribution < -0.4 is 11.1 Å². The van der Waals surface area contributed by atoms with Gasteiger partial charge < -0.3 is 21.1 Å². The summed E-state index contributed by atoms with van der Waals surface area (Å²) >= 11 is 0. The Bertz CT molecular complexity index is 572. The fourth-order valence-electron chi connectivity index (χ4n) is 2.46. The molecule has 0 spiro atoms. The maximum atomic E-state index is 14.0. The normalized spacial score (nSPS) is 28.0. The van der Waals surface area contributed by atoms with Crippen LogP contribution in [0, 0.1) is 0 Å². The van der Waals surface area contributed by atoms with E-state index in [0.717, 1.165) is 5.56 Å². The summed E-state index contributed by atoms with van der Waals surface area (Å²) < 4.78 is 14.0. The summed E-state index contributed by atoms with van der Waals surface area (Å²) in [5.74, 6) is 0.346. The van der Waals surface area contributed by atoms with Gasteiger partial charge in [0.05, 0.1) is 18.2 Å². The van der Waals surface area contributed by atoms with Crippen molar-refractivity contribution in [2.45, 2.75) is 24.7 Å². The molecule has 0 aromatic carbocycles. The standard InChI is InChI=1S/C11H14FN5O/c12-7-1-5(3-18)17-8(7)6-2-14-10-9(6)15-4-16-11(10)13/h2,4-5,7-8,14,17-18H,1,3H2,(H2,13,15,16). The fraction of sp³-hybridized carbons (Fsp3) is 0.455. The summed E-state index contributed by atoms with van der Waals surface area (Å²) in [6, 6.07) is -0.681. The number of H-pyrrole nitrogens is 1. The predicted molar refractivity (Wildman–Crippen MR) is 64.6 cm³/mol. The molecule has 0 aliphatic carbocycles. The second kappa shape index (κ2) is 4.18. The van der Waals surface area contributed by atoms with E-state index in [9.17, 15) is 4.39 Å². The van der Waals surface area contributed by atoms with Crippen LogP contribution in [0.3, 0.4) is 0 Å². The molecule has 7 heteroatoms. The molecular weight excluding hydrogens is 237 g/mol. The van der Waals surface area contributed by atoms with Gasteiger partial charge in [-0.05, 0) is 6.42 Å². The van der Waals surface area contributed by atoms with E-state index in [4.69, 9.17) is 10.8 Å². The number of aromatic amines is 1. The average molecular weight is 251 g/mol. The molecule has 0 bridgehead atoms. The van der Waals surface area contributed by atoms with E-state index in [-0.39, 0.29) is 12.6 Å². The summed E-state index contributed by atoms with van der Waals surface area (Å²) in [6.45, 7) is -0.0730. The average Bonchev–Trinajstić information content (AvgIpc) is 2.93. The van der Waals surface area contributed by atoms with Gasteiger partial charge in [0.2, 0.25) is 0 Å². The number of alkyl halides is 1. The molecule has 0 radical (unpaired) electrons. The monoisotopic (exact) mass is 251 g/mol. The summed E-state index contributed by atoms with van der Waals surface area (Å²) in [4.78, 5) is 11.0. The first-order valence-corrected chi connectivity index (χ1v) is 5.79. The van der Waals surface area contributed by atoms with Crippen molar-refractivity contribution in [3.8, 4) is 0 Å². The van der Waals surface area contributed by atoms with Crippen LogP contribution in [0.15, 0.2) is 12.5 Å². The molecule has 1 saturated heterocycles. The van der Waals surface area contributed by atoms with E-state index in [1.165, 1.54) is 6.33 Å². The van der Waals surface area contributed by atoms with E-state index in [2.05, 4.69) is 20.3 Å². The Morgan fingerprint density at radius 3 is 3.06 bits per heavy atom. The van der Waals surface area contributed by atoms with Gasteiger partial charge in [0.25, 0.3) is 0 Å². The number of anilines is 1. The number of nitrogens with zero attached hydrogens (tertiary/aromatic N) is 2. The van der Waals surface area contributed by atoms with E-state index in [0.29, 0.717) is 23.3 Å². The minimum atomic E-state index is -1.04. The maximum Gasteiger partial charge on any atom is 0.151 e. The number of aromatic nitrogens is 3. The molecule has 6 nitrogen and oxygen atoms in total. The molecule has 2 aromatic heterocycles. The number of nitrogens with one attached hydrogen (secondary N) is 2. The number of nitrogens with two attached hydrogens (primary N) is 1. The topological polar surface area (TPSA) is 99.8 Å². The molecular formula is C11H14FN5O. The highest BCUT2D eigenvalue weighted by Crippen LogP contribution is 2.33. The Labute approximate surface area is 102 Å². The van der Waals surface area contributed by atoms with Gasteiger partial charge in [-0.15, -0.1) is 0 Å². The van der Waals surface area contributed by atoms with Gasteiger partial charge in [0.1, 0.15) is 18.0 Å². The lowest BCUT2D eigenvalue weighted by molar-refractivity contribution is 0.248. The number of aliphatic hydroxyl groups is 1. The van der Waals surface area contributed by atoms with Gasteiger partial charge in [0, 0.05) is 17.8 Å². The van der Waals surface area contributed by atoms with Crippen LogP contribution >= 0.6 is 0 Å². The van der Waals surface area contributed by atoms with Gasteiger partial charge in [-0.2, -0.15) is 0 Å². The zero-order valence-electron chi connectivity index (χ0n) is 9.60. The van der Waals surface area contributed by atoms with Crippen LogP contribution in [0.5, 0.6) is 0 Å². The van der Waals surface area contributed by atoms with Crippen molar-refractivity contribution in [3.63, 3.8) is 0 Å². The Balaban J connectivity index is 2.02. The first-order chi connectivity index (χ1) is 8.70. The molecule has 3 unspecified atom stereocenters. The lowest BCUT2D eigenvalue weighted by atomic mass is 10.1. The molecule has 3 rings (SSSR count). The Hall–Kier alpha value is -1.73. The van der Waals surface area contributed by atoms with Crippen LogP contribution in [0.25, 0.3) is 11.0 Å². The smallest absolute Gasteiger partial charge is 0.151 e. The van der Waals surface area contributed by atoms with Crippen molar-refractivity contribution in [1.82, 2.24) is 20.3 Å². The van der Waals surface area contributed by atoms with Crippen LogP contribution in [-0.2, 0) is 0 Å². The van der Waals surface area contributed by atoms with E-state index in [1.54, 1.807) is 6.20 Å². The highest BCUT2D eigenvalue weighted by atomic mass is 19.1. The third kappa shape index (κ3) is 1.63. The SMILES string of the molecule is Nc1ncnc2c(C3NC(CO)CC3F)c[nH]c12. The number of rotatable bonds is 2. The van der Waals surface area contributed by atoms with Gasteiger partial charge in [-0.3, -0.25) is 0 Å². The van der Waals surface area contributed by atoms with Crippen molar-refractivity contribution >= 4 is 16.9 Å². The van der Waals surface area contributed by atoms with Gasteiger partial charge >= 0.3 is 0 Å². The molecule has 3 heterocycles. The zero-order valence-corrected chi connectivity index (χ0v) is 9.60. The Kier molecular flexibility index (Phi) is 2.64. The van der Waals surface area contributed by atoms with E-state index >= 15 is 0 Å². The first kappa shape index (κ1) is 11.4. The molecule has 2 aromatic rings. The third-order valence-corrected chi connectivity index (χ3v) is 3.36. The molecule has 1 aliphatic rings. The minimum Gasteiger partial charge on any atom is -0.395 e. The maximum absolute atomic E-state index is 14.0. The first-order valence-electron chi connectivity index (χ1n) is 5.79. The van der Waals surface area contributed by atoms with Gasteiger partial charge in [-0.25, -0.2) is 14.4 Å². The van der Waals surface area contributed by atoms with Crippen molar-refractivity contribution in [3.05, 3.63) is 18.1 Å². The third-order valence-electron chi connectivity index (χ3n) is 3.36. The van der Waals surface area contributed by atoms with Crippen molar-refractivity contribution in [2.24, 2.45) is 0 Å². The van der Waals surface area contributed by atoms with Crippen molar-refractivity contribution in [2.75, 3.05) is 12.3 Å². The second-order valence-electron chi connectivity index (χ2n) is 4.50. The fourth-order valence-corrected chi connectivity index (χ4v) is 2.46. The number of fused-ring (bicyclic) bond motifs is 1. The quantitative estimate of drug-likeness (QED) is 0.614. The second-order valence-corrected chi connectivity index (χ2v) is 4.50. The number of hydrogen-bond acceptors (Lipinski definition) is 5. The number of aliphatic hydroxyl groups excluding tert-OH is 1. The highest BCUT2D eigenvalue weighted by Gasteiger charge is 2.36. The molecule has 1 aliphatic heterocycles. The van der Waals surface area contributed by atoms with Gasteiger partial charge in [-0.1, -0.05) is 0 Å². The van der Waals surface area contributed by atoms with Crippen molar-refractivity contribution in [1.29, 1.82) is 0 Å². The van der Waals surface area contributed by atoms with Crippen LogP contribution in [0.2, 0.25) is 0 Å². The molecule has 3 atom stereocenters. The summed E-state index contributed by atoms with van der Waals surface area (Å²) in [6.07, 6.45) is 2.31. The Morgan fingerprint density at radius 1 is 1.50 bits per heavy atom. The van der Waals surface area contributed by atoms with Crippen LogP contribution in [-0.4, -0.2) is 38.9 Å². The number of hydrogen-bond donors (Lipinski definition) is 4. The molecule has 0 saturated carbocycles. The van der Waals surface area contributed by atoms with Crippen molar-refractivity contribution < 1.29 is 9.50 Å². The Morgan fingerprint density at radius 2 is 2.33 bits per heavy atom. The lowest BCUT2D eigenvalue weighted by Gasteiger charge is -2.12. The summed E-state index contributed by atoms with van der Waals surface area (Å²) in [7, 11) is 0. The van der Waals surface area contributed by atoms with Gasteiger partial charge in [0.15, 0.2) is 5.82 Å². The molecule has 5 N–H and O–H groups in total. The molecule has 96 valence electrons. The summed E-state index contributed by atoms with van der Waals surface area (Å²) in [5.41, 5.74) is 7.69. The molecule has 1 fully saturated rings. The molecule has 18 heavy (non-hydrogen) atoms. The largest absolute Gasteiger partial charge is 0.395 e. The van der Waals surface area contributed by atoms with Crippen LogP contribution in [0.4, 0.5) is 10.2 Å². The predicted octanol–water partition coefficient (Wildman–Crippen LogP) is 0.273. The lowest BCUT2D eigenvalue weighted by Crippen LogP contribution is -2.27. The van der Waals surface area contributed by atoms with E-state index < -0.39 is 12.2 Å².